The summed E-state index contributed by atoms with van der Waals surface area (Å²) in [6.07, 6.45) is 7.43. The van der Waals surface area contributed by atoms with Crippen LogP contribution in [0, 0.1) is 0 Å². The van der Waals surface area contributed by atoms with Crippen LogP contribution in [0.5, 0.6) is 0 Å². The van der Waals surface area contributed by atoms with Crippen molar-refractivity contribution in [1.82, 2.24) is 14.9 Å². The Morgan fingerprint density at radius 3 is 2.74 bits per heavy atom. The summed E-state index contributed by atoms with van der Waals surface area (Å²) in [7, 11) is 0. The number of aromatic amines is 1. The summed E-state index contributed by atoms with van der Waals surface area (Å²) in [6, 6.07) is 0. The van der Waals surface area contributed by atoms with Crippen molar-refractivity contribution < 1.29 is 4.79 Å². The summed E-state index contributed by atoms with van der Waals surface area (Å²) in [5, 5.41) is 0. The van der Waals surface area contributed by atoms with Gasteiger partial charge >= 0.3 is 0 Å². The maximum atomic E-state index is 12.4. The molecule has 0 spiro atoms. The summed E-state index contributed by atoms with van der Waals surface area (Å²) in [6.45, 7) is 7.99. The van der Waals surface area contributed by atoms with Gasteiger partial charge in [0.2, 0.25) is 5.91 Å². The number of carbonyl (C=O) groups excluding carboxylic acids is 1. The standard InChI is InChI=1S/C18H29N3OS/c1-18(2,3)23-12-16(22)21-10-9-14-15(11-21)20-17(19-14)13-7-5-4-6-8-13/h13H,4-12H2,1-3H3,(H,19,20). The predicted octanol–water partition coefficient (Wildman–Crippen LogP) is 3.87. The number of carbonyl (C=O) groups is 1. The van der Waals surface area contributed by atoms with E-state index in [4.69, 9.17) is 4.98 Å². The molecule has 1 aliphatic heterocycles. The maximum absolute atomic E-state index is 12.4. The Balaban J connectivity index is 1.61. The Labute approximate surface area is 143 Å². The quantitative estimate of drug-likeness (QED) is 0.912. The average Bonchev–Trinajstić information content (AvgIpc) is 2.96. The SMILES string of the molecule is CC(C)(C)SCC(=O)N1CCc2nc(C3CCCCC3)[nH]c2C1. The molecule has 1 aromatic heterocycles. The van der Waals surface area contributed by atoms with E-state index in [9.17, 15) is 4.79 Å². The first-order valence-corrected chi connectivity index (χ1v) is 9.90. The van der Waals surface area contributed by atoms with Gasteiger partial charge in [0, 0.05) is 23.6 Å². The lowest BCUT2D eigenvalue weighted by molar-refractivity contribution is -0.129. The Morgan fingerprint density at radius 1 is 1.30 bits per heavy atom. The van der Waals surface area contributed by atoms with E-state index in [0.717, 1.165) is 13.0 Å². The van der Waals surface area contributed by atoms with E-state index < -0.39 is 0 Å². The first-order chi connectivity index (χ1) is 10.9. The van der Waals surface area contributed by atoms with Crippen LogP contribution in [0.25, 0.3) is 0 Å². The number of imidazole rings is 1. The lowest BCUT2D eigenvalue weighted by atomic mass is 9.89. The van der Waals surface area contributed by atoms with Crippen LogP contribution in [0.4, 0.5) is 0 Å². The predicted molar refractivity (Wildman–Crippen MR) is 95.7 cm³/mol. The smallest absolute Gasteiger partial charge is 0.232 e. The Morgan fingerprint density at radius 2 is 2.04 bits per heavy atom. The lowest BCUT2D eigenvalue weighted by Gasteiger charge is -2.27. The minimum atomic E-state index is 0.138. The zero-order valence-electron chi connectivity index (χ0n) is 14.7. The van der Waals surface area contributed by atoms with E-state index in [1.54, 1.807) is 11.8 Å². The van der Waals surface area contributed by atoms with Crippen molar-refractivity contribution in [2.75, 3.05) is 12.3 Å². The van der Waals surface area contributed by atoms with Gasteiger partial charge in [-0.25, -0.2) is 4.98 Å². The summed E-state index contributed by atoms with van der Waals surface area (Å²) in [4.78, 5) is 22.8. The highest BCUT2D eigenvalue weighted by molar-refractivity contribution is 8.01. The molecular formula is C18H29N3OS. The zero-order valence-corrected chi connectivity index (χ0v) is 15.5. The summed E-state index contributed by atoms with van der Waals surface area (Å²) in [5.41, 5.74) is 2.36. The van der Waals surface area contributed by atoms with Crippen molar-refractivity contribution in [3.05, 3.63) is 17.2 Å². The van der Waals surface area contributed by atoms with Crippen LogP contribution in [0.1, 0.15) is 76.0 Å². The molecule has 23 heavy (non-hydrogen) atoms. The average molecular weight is 336 g/mol. The molecule has 4 nitrogen and oxygen atoms in total. The molecule has 5 heteroatoms. The van der Waals surface area contributed by atoms with Crippen molar-refractivity contribution in [3.8, 4) is 0 Å². The highest BCUT2D eigenvalue weighted by Gasteiger charge is 2.27. The van der Waals surface area contributed by atoms with Gasteiger partial charge in [0.15, 0.2) is 0 Å². The molecule has 1 fully saturated rings. The number of thioether (sulfide) groups is 1. The third kappa shape index (κ3) is 4.31. The largest absolute Gasteiger partial charge is 0.344 e. The van der Waals surface area contributed by atoms with Crippen molar-refractivity contribution in [2.24, 2.45) is 0 Å². The normalized spacial score (nSPS) is 19.7. The van der Waals surface area contributed by atoms with Crippen LogP contribution in [0.2, 0.25) is 0 Å². The first-order valence-electron chi connectivity index (χ1n) is 8.92. The van der Waals surface area contributed by atoms with Gasteiger partial charge in [-0.2, -0.15) is 0 Å². The Hall–Kier alpha value is -0.970. The van der Waals surface area contributed by atoms with Gasteiger partial charge in [0.25, 0.3) is 0 Å². The van der Waals surface area contributed by atoms with Gasteiger partial charge in [-0.3, -0.25) is 4.79 Å². The Kier molecular flexibility index (Phi) is 5.04. The van der Waals surface area contributed by atoms with Crippen LogP contribution in [0.15, 0.2) is 0 Å². The van der Waals surface area contributed by atoms with Gasteiger partial charge in [0.1, 0.15) is 5.82 Å². The fourth-order valence-electron chi connectivity index (χ4n) is 3.47. The van der Waals surface area contributed by atoms with Crippen molar-refractivity contribution in [1.29, 1.82) is 0 Å². The van der Waals surface area contributed by atoms with Crippen molar-refractivity contribution >= 4 is 17.7 Å². The molecule has 2 aliphatic rings. The highest BCUT2D eigenvalue weighted by Crippen LogP contribution is 2.32. The van der Waals surface area contributed by atoms with Crippen LogP contribution in [-0.4, -0.2) is 37.8 Å². The van der Waals surface area contributed by atoms with Crippen molar-refractivity contribution in [3.63, 3.8) is 0 Å². The number of nitrogens with zero attached hydrogens (tertiary/aromatic N) is 2. The molecule has 0 radical (unpaired) electrons. The van der Waals surface area contributed by atoms with Gasteiger partial charge in [-0.05, 0) is 12.8 Å². The minimum absolute atomic E-state index is 0.138. The number of hydrogen-bond acceptors (Lipinski definition) is 3. The zero-order chi connectivity index (χ0) is 16.4. The van der Waals surface area contributed by atoms with Crippen LogP contribution < -0.4 is 0 Å². The topological polar surface area (TPSA) is 49.0 Å². The van der Waals surface area contributed by atoms with Crippen LogP contribution in [0.3, 0.4) is 0 Å². The molecule has 0 aromatic carbocycles. The second kappa shape index (κ2) is 6.88. The highest BCUT2D eigenvalue weighted by atomic mass is 32.2. The number of fused-ring (bicyclic) bond motifs is 1. The molecule has 1 aromatic rings. The third-order valence-corrected chi connectivity index (χ3v) is 6.08. The van der Waals surface area contributed by atoms with E-state index in [-0.39, 0.29) is 10.7 Å². The van der Waals surface area contributed by atoms with Crippen molar-refractivity contribution in [2.45, 2.75) is 76.5 Å². The number of nitrogens with one attached hydrogen (secondary N) is 1. The molecule has 0 bridgehead atoms. The fraction of sp³-hybridized carbons (Fsp3) is 0.778. The first kappa shape index (κ1) is 16.9. The lowest BCUT2D eigenvalue weighted by Crippen LogP contribution is -2.37. The van der Waals surface area contributed by atoms with Gasteiger partial charge < -0.3 is 9.88 Å². The van der Waals surface area contributed by atoms with E-state index in [1.165, 1.54) is 49.3 Å². The number of hydrogen-bond donors (Lipinski definition) is 1. The van der Waals surface area contributed by atoms with Gasteiger partial charge in [-0.1, -0.05) is 40.0 Å². The monoisotopic (exact) mass is 335 g/mol. The molecule has 128 valence electrons. The van der Waals surface area contributed by atoms with Crippen LogP contribution in [-0.2, 0) is 17.8 Å². The molecule has 2 heterocycles. The second-order valence-corrected chi connectivity index (χ2v) is 9.65. The summed E-state index contributed by atoms with van der Waals surface area (Å²) < 4.78 is 0.138. The van der Waals surface area contributed by atoms with Gasteiger partial charge in [0.05, 0.1) is 23.7 Å². The number of H-pyrrole nitrogens is 1. The van der Waals surface area contributed by atoms with E-state index in [0.29, 0.717) is 18.2 Å². The molecule has 0 atom stereocenters. The van der Waals surface area contributed by atoms with Crippen LogP contribution >= 0.6 is 11.8 Å². The molecule has 3 rings (SSSR count). The van der Waals surface area contributed by atoms with E-state index in [1.807, 2.05) is 4.90 Å². The van der Waals surface area contributed by atoms with E-state index >= 15 is 0 Å². The molecule has 1 amide bonds. The summed E-state index contributed by atoms with van der Waals surface area (Å²) in [5.74, 6) is 2.61. The molecular weight excluding hydrogens is 306 g/mol. The van der Waals surface area contributed by atoms with E-state index in [2.05, 4.69) is 25.8 Å². The number of rotatable bonds is 3. The Bertz CT molecular complexity index is 555. The number of amides is 1. The molecule has 1 saturated carbocycles. The number of aromatic nitrogens is 2. The fourth-order valence-corrected chi connectivity index (χ4v) is 4.21. The summed E-state index contributed by atoms with van der Waals surface area (Å²) >= 11 is 1.73. The molecule has 0 saturated heterocycles. The molecule has 1 N–H and O–H groups in total. The maximum Gasteiger partial charge on any atom is 0.232 e. The molecule has 1 aliphatic carbocycles. The molecule has 0 unspecified atom stereocenters. The second-order valence-electron chi connectivity index (χ2n) is 7.85. The minimum Gasteiger partial charge on any atom is -0.344 e. The van der Waals surface area contributed by atoms with Gasteiger partial charge in [-0.15, -0.1) is 11.8 Å². The third-order valence-electron chi connectivity index (χ3n) is 4.82.